The molecule has 0 radical (unpaired) electrons. The molecule has 0 atom stereocenters. The zero-order valence-electron chi connectivity index (χ0n) is 17.7. The van der Waals surface area contributed by atoms with Crippen LogP contribution in [0.2, 0.25) is 0 Å². The number of hydrogen-bond donors (Lipinski definition) is 2. The maximum Gasteiger partial charge on any atom is 0.270 e. The molecule has 10 heteroatoms. The second kappa shape index (κ2) is 10.1. The number of nitro groups is 1. The lowest BCUT2D eigenvalue weighted by Gasteiger charge is -2.10. The van der Waals surface area contributed by atoms with Crippen molar-refractivity contribution in [3.63, 3.8) is 0 Å². The number of aliphatic imine (C=N–C) groups is 1. The van der Waals surface area contributed by atoms with E-state index < -0.39 is 4.92 Å². The number of aryl methyl sites for hydroxylation is 1. The zero-order chi connectivity index (χ0) is 24.2. The summed E-state index contributed by atoms with van der Waals surface area (Å²) in [7, 11) is 0. The summed E-state index contributed by atoms with van der Waals surface area (Å²) in [5.74, 6) is 0.208. The predicted octanol–water partition coefficient (Wildman–Crippen LogP) is 6.38. The first-order valence-corrected chi connectivity index (χ1v) is 11.6. The second-order valence-electron chi connectivity index (χ2n) is 7.30. The molecule has 0 saturated carbocycles. The molecule has 0 saturated heterocycles. The smallest absolute Gasteiger partial charge is 0.270 e. The minimum absolute atomic E-state index is 0.137. The number of hydrogen-bond acceptors (Lipinski definition) is 6. The lowest BCUT2D eigenvalue weighted by Crippen LogP contribution is -2.20. The number of halogens is 2. The highest BCUT2D eigenvalue weighted by Gasteiger charge is 2.12. The summed E-state index contributed by atoms with van der Waals surface area (Å²) in [6.45, 7) is 1.98. The van der Waals surface area contributed by atoms with Crippen molar-refractivity contribution >= 4 is 66.2 Å². The Morgan fingerprint density at radius 2 is 1.82 bits per heavy atom. The van der Waals surface area contributed by atoms with Gasteiger partial charge in [-0.1, -0.05) is 24.3 Å². The molecular weight excluding hydrogens is 566 g/mol. The fourth-order valence-electron chi connectivity index (χ4n) is 3.17. The maximum atomic E-state index is 11.1. The van der Waals surface area contributed by atoms with E-state index >= 15 is 0 Å². The highest BCUT2D eigenvalue weighted by molar-refractivity contribution is 9.11. The molecule has 4 rings (SSSR count). The summed E-state index contributed by atoms with van der Waals surface area (Å²) in [6.07, 6.45) is 1.29. The summed E-state index contributed by atoms with van der Waals surface area (Å²) in [4.78, 5) is 20.0. The number of nitrogens with one attached hydrogen (secondary N) is 1. The van der Waals surface area contributed by atoms with Gasteiger partial charge in [-0.3, -0.25) is 15.5 Å². The molecule has 170 valence electrons. The minimum Gasteiger partial charge on any atom is -0.507 e. The highest BCUT2D eigenvalue weighted by Crippen LogP contribution is 2.35. The molecule has 8 nitrogen and oxygen atoms in total. The van der Waals surface area contributed by atoms with Crippen molar-refractivity contribution in [2.75, 3.05) is 0 Å². The molecule has 0 amide bonds. The third-order valence-corrected chi connectivity index (χ3v) is 6.03. The molecule has 0 aliphatic rings. The van der Waals surface area contributed by atoms with Crippen molar-refractivity contribution in [2.24, 2.45) is 10.1 Å². The molecule has 0 unspecified atom stereocenters. The van der Waals surface area contributed by atoms with Crippen LogP contribution in [0, 0.1) is 17.0 Å². The molecule has 0 aliphatic carbocycles. The molecule has 0 fully saturated rings. The Bertz CT molecular complexity index is 1450. The number of aromatic hydroxyl groups is 1. The largest absolute Gasteiger partial charge is 0.507 e. The van der Waals surface area contributed by atoms with Crippen LogP contribution in [0.4, 0.5) is 11.4 Å². The zero-order valence-corrected chi connectivity index (χ0v) is 20.9. The van der Waals surface area contributed by atoms with Gasteiger partial charge in [0.2, 0.25) is 0 Å². The number of rotatable bonds is 5. The molecule has 3 aromatic carbocycles. The van der Waals surface area contributed by atoms with Crippen LogP contribution in [0.25, 0.3) is 10.9 Å². The molecule has 0 spiro atoms. The lowest BCUT2D eigenvalue weighted by atomic mass is 10.2. The third-order valence-electron chi connectivity index (χ3n) is 4.82. The van der Waals surface area contributed by atoms with Crippen LogP contribution in [0.15, 0.2) is 85.8 Å². The van der Waals surface area contributed by atoms with Gasteiger partial charge in [-0.25, -0.2) is 9.98 Å². The first-order chi connectivity index (χ1) is 16.3. The third kappa shape index (κ3) is 5.29. The van der Waals surface area contributed by atoms with Gasteiger partial charge in [0.15, 0.2) is 5.84 Å². The van der Waals surface area contributed by atoms with E-state index in [1.165, 1.54) is 24.4 Å². The van der Waals surface area contributed by atoms with E-state index in [4.69, 9.17) is 9.98 Å². The average molecular weight is 583 g/mol. The second-order valence-corrected chi connectivity index (χ2v) is 9.01. The molecule has 1 aromatic heterocycles. The number of pyridine rings is 1. The van der Waals surface area contributed by atoms with E-state index in [2.05, 4.69) is 42.4 Å². The van der Waals surface area contributed by atoms with Crippen molar-refractivity contribution in [1.82, 2.24) is 10.4 Å². The number of hydrazone groups is 1. The number of phenolic OH excluding ortho intramolecular Hbond substituents is 1. The normalized spacial score (nSPS) is 11.8. The Morgan fingerprint density at radius 1 is 1.09 bits per heavy atom. The molecule has 34 heavy (non-hydrogen) atoms. The van der Waals surface area contributed by atoms with Gasteiger partial charge in [-0.2, -0.15) is 5.10 Å². The SMILES string of the molecule is Cc1cc(Br)c(N=C(NN=Cc2cc([N+](=O)[O-])ccc2O)c2ccc3ccccc3n2)c(Br)c1. The van der Waals surface area contributed by atoms with Gasteiger partial charge in [-0.15, -0.1) is 0 Å². The summed E-state index contributed by atoms with van der Waals surface area (Å²) in [6, 6.07) is 19.1. The molecule has 1 heterocycles. The summed E-state index contributed by atoms with van der Waals surface area (Å²) in [5.41, 5.74) is 5.92. The average Bonchev–Trinajstić information content (AvgIpc) is 2.80. The monoisotopic (exact) mass is 581 g/mol. The summed E-state index contributed by atoms with van der Waals surface area (Å²) in [5, 5.41) is 26.3. The Morgan fingerprint density at radius 3 is 2.56 bits per heavy atom. The number of aromatic nitrogens is 1. The Kier molecular flexibility index (Phi) is 6.99. The van der Waals surface area contributed by atoms with Crippen LogP contribution in [0.3, 0.4) is 0 Å². The predicted molar refractivity (Wildman–Crippen MR) is 140 cm³/mol. The number of benzene rings is 3. The van der Waals surface area contributed by atoms with E-state index in [-0.39, 0.29) is 17.0 Å². The number of nitro benzene ring substituents is 1. The quantitative estimate of drug-likeness (QED) is 0.123. The fraction of sp³-hybridized carbons (Fsp3) is 0.0417. The number of phenols is 1. The number of nitrogens with zero attached hydrogens (tertiary/aromatic N) is 4. The molecule has 4 aromatic rings. The lowest BCUT2D eigenvalue weighted by molar-refractivity contribution is -0.384. The van der Waals surface area contributed by atoms with Gasteiger partial charge >= 0.3 is 0 Å². The number of non-ortho nitro benzene ring substituents is 1. The molecule has 0 aliphatic heterocycles. The number of fused-ring (bicyclic) bond motifs is 1. The Labute approximate surface area is 211 Å². The van der Waals surface area contributed by atoms with Gasteiger partial charge < -0.3 is 5.11 Å². The van der Waals surface area contributed by atoms with Crippen LogP contribution in [-0.4, -0.2) is 27.1 Å². The summed E-state index contributed by atoms with van der Waals surface area (Å²) < 4.78 is 1.56. The van der Waals surface area contributed by atoms with Gasteiger partial charge in [0.25, 0.3) is 5.69 Å². The Balaban J connectivity index is 1.76. The van der Waals surface area contributed by atoms with E-state index in [1.807, 2.05) is 55.5 Å². The minimum atomic E-state index is -0.539. The topological polar surface area (TPSA) is 113 Å². The molecular formula is C24H17Br2N5O3. The van der Waals surface area contributed by atoms with Gasteiger partial charge in [0.1, 0.15) is 11.4 Å². The number of amidine groups is 1. The Hall–Kier alpha value is -3.63. The van der Waals surface area contributed by atoms with Crippen molar-refractivity contribution in [3.8, 4) is 5.75 Å². The highest BCUT2D eigenvalue weighted by atomic mass is 79.9. The first kappa shape index (κ1) is 23.5. The van der Waals surface area contributed by atoms with Crippen LogP contribution >= 0.6 is 31.9 Å². The fourth-order valence-corrected chi connectivity index (χ4v) is 4.76. The van der Waals surface area contributed by atoms with Crippen LogP contribution < -0.4 is 5.43 Å². The number of para-hydroxylation sites is 1. The van der Waals surface area contributed by atoms with E-state index in [9.17, 15) is 15.2 Å². The van der Waals surface area contributed by atoms with Crippen molar-refractivity contribution in [2.45, 2.75) is 6.92 Å². The van der Waals surface area contributed by atoms with Crippen molar-refractivity contribution in [3.05, 3.63) is 103 Å². The molecule has 2 N–H and O–H groups in total. The standard InChI is InChI=1S/C24H17Br2N5O3/c1-14-10-18(25)23(19(26)11-14)29-24(21-8-6-15-4-2-3-5-20(15)28-21)30-27-13-16-12-17(31(33)34)7-9-22(16)32/h2-13,32H,1H3,(H,29,30). The first-order valence-electron chi connectivity index (χ1n) is 9.99. The van der Waals surface area contributed by atoms with E-state index in [1.54, 1.807) is 0 Å². The maximum absolute atomic E-state index is 11.1. The van der Waals surface area contributed by atoms with Gasteiger partial charge in [0, 0.05) is 32.0 Å². The van der Waals surface area contributed by atoms with Crippen molar-refractivity contribution < 1.29 is 10.0 Å². The van der Waals surface area contributed by atoms with Crippen LogP contribution in [0.1, 0.15) is 16.8 Å². The van der Waals surface area contributed by atoms with Gasteiger partial charge in [0.05, 0.1) is 22.3 Å². The van der Waals surface area contributed by atoms with Crippen molar-refractivity contribution in [1.29, 1.82) is 0 Å². The van der Waals surface area contributed by atoms with Gasteiger partial charge in [-0.05, 0) is 74.7 Å². The van der Waals surface area contributed by atoms with Crippen LogP contribution in [-0.2, 0) is 0 Å². The molecule has 0 bridgehead atoms. The van der Waals surface area contributed by atoms with E-state index in [0.717, 1.165) is 25.4 Å². The van der Waals surface area contributed by atoms with Crippen LogP contribution in [0.5, 0.6) is 5.75 Å². The van der Waals surface area contributed by atoms with E-state index in [0.29, 0.717) is 17.2 Å². The summed E-state index contributed by atoms with van der Waals surface area (Å²) >= 11 is 7.11.